The Kier molecular flexibility index (Phi) is 43.2. The average molecular weight is 1020 g/mol. The zero-order valence-corrected chi connectivity index (χ0v) is 45.8. The highest BCUT2D eigenvalue weighted by atomic mass is 32.3. The molecule has 1 rings (SSSR count). The number of esters is 2. The van der Waals surface area contributed by atoms with Crippen LogP contribution in [0.3, 0.4) is 0 Å². The molecule has 0 bridgehead atoms. The minimum Gasteiger partial charge on any atom is -0.462 e. The molecule has 1 aliphatic rings. The standard InChI is InChI=1S/C56H107NO12S/c1-4-7-10-13-16-19-21-23-25-27-29-32-35-38-41-44-51(60)66-48(43-40-37-34-31-18-15-12-9-6-3)46-50(59)57-53-55(54(69-70(63,64)65)49(47-58)67-56(53)62)68-52(61)45-42-39-36-33-30-28-26-24-22-20-17-14-11-8-5-2/h48-49,53-56,58,62H,4-47H2,1-3H3,(H,57,59)(H,63,64,65)/t48-,49-,53-,54-,55-,56?/m1/s1. The molecule has 14 heteroatoms. The predicted molar refractivity (Wildman–Crippen MR) is 282 cm³/mol. The molecule has 1 heterocycles. The summed E-state index contributed by atoms with van der Waals surface area (Å²) in [6.07, 6.45) is 38.5. The number of amides is 1. The van der Waals surface area contributed by atoms with Crippen LogP contribution in [0.2, 0.25) is 0 Å². The molecule has 1 aliphatic heterocycles. The van der Waals surface area contributed by atoms with Crippen LogP contribution in [0, 0.1) is 0 Å². The molecule has 70 heavy (non-hydrogen) atoms. The summed E-state index contributed by atoms with van der Waals surface area (Å²) in [5.74, 6) is -1.74. The van der Waals surface area contributed by atoms with Gasteiger partial charge in [-0.1, -0.05) is 252 Å². The number of aliphatic hydroxyl groups excluding tert-OH is 2. The van der Waals surface area contributed by atoms with Crippen molar-refractivity contribution in [2.24, 2.45) is 0 Å². The quantitative estimate of drug-likeness (QED) is 0.0256. The van der Waals surface area contributed by atoms with Gasteiger partial charge in [0.05, 0.1) is 13.0 Å². The van der Waals surface area contributed by atoms with Crippen molar-refractivity contribution in [3.8, 4) is 0 Å². The van der Waals surface area contributed by atoms with Gasteiger partial charge in [0.15, 0.2) is 12.4 Å². The van der Waals surface area contributed by atoms with E-state index in [0.717, 1.165) is 70.6 Å². The molecule has 1 unspecified atom stereocenters. The van der Waals surface area contributed by atoms with E-state index in [4.69, 9.17) is 18.4 Å². The number of aliphatic hydroxyl groups is 2. The summed E-state index contributed by atoms with van der Waals surface area (Å²) in [4.78, 5) is 40.2. The van der Waals surface area contributed by atoms with Gasteiger partial charge in [-0.3, -0.25) is 18.9 Å². The van der Waals surface area contributed by atoms with Gasteiger partial charge >= 0.3 is 22.3 Å². The molecule has 1 fully saturated rings. The smallest absolute Gasteiger partial charge is 0.397 e. The lowest BCUT2D eigenvalue weighted by Crippen LogP contribution is -2.66. The van der Waals surface area contributed by atoms with Gasteiger partial charge in [-0.2, -0.15) is 8.42 Å². The number of carbonyl (C=O) groups is 3. The van der Waals surface area contributed by atoms with E-state index in [1.54, 1.807) is 0 Å². The van der Waals surface area contributed by atoms with Crippen molar-refractivity contribution in [1.82, 2.24) is 5.32 Å². The molecule has 0 radical (unpaired) electrons. The normalized spacial score (nSPS) is 18.7. The van der Waals surface area contributed by atoms with Gasteiger partial charge in [0, 0.05) is 12.8 Å². The third kappa shape index (κ3) is 37.8. The molecular formula is C56H107NO12S. The van der Waals surface area contributed by atoms with Crippen molar-refractivity contribution in [3.63, 3.8) is 0 Å². The largest absolute Gasteiger partial charge is 0.462 e. The maximum Gasteiger partial charge on any atom is 0.397 e. The molecule has 4 N–H and O–H groups in total. The Morgan fingerprint density at radius 2 is 0.857 bits per heavy atom. The first kappa shape index (κ1) is 66.2. The van der Waals surface area contributed by atoms with Gasteiger partial charge < -0.3 is 29.7 Å². The number of nitrogens with one attached hydrogen (secondary N) is 1. The van der Waals surface area contributed by atoms with Crippen LogP contribution in [0.4, 0.5) is 0 Å². The number of carbonyl (C=O) groups excluding carboxylic acids is 3. The first-order chi connectivity index (χ1) is 33.9. The molecule has 0 aliphatic carbocycles. The van der Waals surface area contributed by atoms with Crippen LogP contribution in [-0.4, -0.2) is 84.4 Å². The molecule has 6 atom stereocenters. The molecule has 1 amide bonds. The third-order valence-electron chi connectivity index (χ3n) is 14.0. The van der Waals surface area contributed by atoms with Crippen molar-refractivity contribution >= 4 is 28.2 Å². The Hall–Kier alpha value is -1.84. The SMILES string of the molecule is CCCCCCCCCCCCCCCCCC(=O)O[C@H](CCCCCCCCCCC)CC(=O)N[C@H]1C(O)O[C@H](CO)[C@@H](OS(=O)(=O)O)[C@@H]1OC(=O)CCCCCCCCCCCCCCCCC. The van der Waals surface area contributed by atoms with E-state index in [1.807, 2.05) is 0 Å². The predicted octanol–water partition coefficient (Wildman–Crippen LogP) is 14.0. The maximum absolute atomic E-state index is 13.8. The van der Waals surface area contributed by atoms with E-state index in [0.29, 0.717) is 19.3 Å². The number of ether oxygens (including phenoxy) is 3. The summed E-state index contributed by atoms with van der Waals surface area (Å²) < 4.78 is 55.6. The zero-order valence-electron chi connectivity index (χ0n) is 45.0. The van der Waals surface area contributed by atoms with Crippen molar-refractivity contribution in [3.05, 3.63) is 0 Å². The summed E-state index contributed by atoms with van der Waals surface area (Å²) in [5, 5.41) is 23.8. The van der Waals surface area contributed by atoms with Crippen LogP contribution in [0.25, 0.3) is 0 Å². The number of hydrogen-bond acceptors (Lipinski definition) is 11. The van der Waals surface area contributed by atoms with Gasteiger partial charge in [-0.15, -0.1) is 0 Å². The van der Waals surface area contributed by atoms with Gasteiger partial charge in [0.2, 0.25) is 5.91 Å². The number of rotatable bonds is 50. The van der Waals surface area contributed by atoms with Crippen molar-refractivity contribution in [2.75, 3.05) is 6.61 Å². The van der Waals surface area contributed by atoms with Crippen molar-refractivity contribution in [1.29, 1.82) is 0 Å². The zero-order chi connectivity index (χ0) is 51.3. The molecule has 0 aromatic heterocycles. The molecule has 0 aromatic rings. The van der Waals surface area contributed by atoms with Gasteiger partial charge in [0.1, 0.15) is 24.4 Å². The maximum atomic E-state index is 13.8. The molecular weight excluding hydrogens is 911 g/mol. The summed E-state index contributed by atoms with van der Waals surface area (Å²) in [5.41, 5.74) is 0. The summed E-state index contributed by atoms with van der Waals surface area (Å²) in [7, 11) is -5.16. The molecule has 0 spiro atoms. The second kappa shape index (κ2) is 45.7. The van der Waals surface area contributed by atoms with Gasteiger partial charge in [-0.05, 0) is 25.7 Å². The monoisotopic (exact) mass is 1020 g/mol. The molecule has 13 nitrogen and oxygen atoms in total. The minimum absolute atomic E-state index is 0.00904. The second-order valence-corrected chi connectivity index (χ2v) is 21.7. The van der Waals surface area contributed by atoms with Crippen LogP contribution < -0.4 is 5.32 Å². The average Bonchev–Trinajstić information content (AvgIpc) is 3.32. The van der Waals surface area contributed by atoms with Crippen molar-refractivity contribution < 1.29 is 56.0 Å². The number of hydrogen-bond donors (Lipinski definition) is 4. The summed E-state index contributed by atoms with van der Waals surface area (Å²) in [6, 6.07) is -1.53. The Balaban J connectivity index is 2.76. The molecule has 1 saturated heterocycles. The van der Waals surface area contributed by atoms with Gasteiger partial charge in [0.25, 0.3) is 0 Å². The van der Waals surface area contributed by atoms with E-state index in [1.165, 1.54) is 167 Å². The lowest BCUT2D eigenvalue weighted by atomic mass is 9.96. The first-order valence-electron chi connectivity index (χ1n) is 29.2. The highest BCUT2D eigenvalue weighted by Crippen LogP contribution is 2.28. The summed E-state index contributed by atoms with van der Waals surface area (Å²) in [6.45, 7) is 5.85. The van der Waals surface area contributed by atoms with Crippen molar-refractivity contribution in [2.45, 2.75) is 334 Å². The van der Waals surface area contributed by atoms with Crippen LogP contribution >= 0.6 is 0 Å². The fraction of sp³-hybridized carbons (Fsp3) is 0.946. The molecule has 0 aromatic carbocycles. The molecule has 414 valence electrons. The van der Waals surface area contributed by atoms with E-state index in [-0.39, 0.29) is 25.2 Å². The van der Waals surface area contributed by atoms with E-state index in [2.05, 4.69) is 26.1 Å². The topological polar surface area (TPSA) is 195 Å². The summed E-state index contributed by atoms with van der Waals surface area (Å²) >= 11 is 0. The van der Waals surface area contributed by atoms with Crippen LogP contribution in [-0.2, 0) is 43.2 Å². The molecule has 0 saturated carbocycles. The van der Waals surface area contributed by atoms with E-state index in [9.17, 15) is 37.6 Å². The Bertz CT molecular complexity index is 1350. The van der Waals surface area contributed by atoms with Crippen LogP contribution in [0.5, 0.6) is 0 Å². The lowest BCUT2D eigenvalue weighted by Gasteiger charge is -2.43. The fourth-order valence-corrected chi connectivity index (χ4v) is 10.2. The first-order valence-corrected chi connectivity index (χ1v) is 30.6. The van der Waals surface area contributed by atoms with E-state index >= 15 is 0 Å². The lowest BCUT2D eigenvalue weighted by molar-refractivity contribution is -0.254. The van der Waals surface area contributed by atoms with Crippen LogP contribution in [0.15, 0.2) is 0 Å². The minimum atomic E-state index is -5.16. The Labute approximate surface area is 428 Å². The fourth-order valence-electron chi connectivity index (χ4n) is 9.69. The van der Waals surface area contributed by atoms with Crippen LogP contribution in [0.1, 0.15) is 297 Å². The third-order valence-corrected chi connectivity index (χ3v) is 14.4. The van der Waals surface area contributed by atoms with E-state index < -0.39 is 65.6 Å². The highest BCUT2D eigenvalue weighted by molar-refractivity contribution is 7.80. The Morgan fingerprint density at radius 1 is 0.514 bits per heavy atom. The Morgan fingerprint density at radius 3 is 1.21 bits per heavy atom. The number of unbranched alkanes of at least 4 members (excludes halogenated alkanes) is 36. The van der Waals surface area contributed by atoms with Gasteiger partial charge in [-0.25, -0.2) is 4.18 Å². The highest BCUT2D eigenvalue weighted by Gasteiger charge is 2.50. The second-order valence-electron chi connectivity index (χ2n) is 20.6.